The molecule has 0 saturated carbocycles. The minimum absolute atomic E-state index is 0.00132. The molecule has 0 aliphatic carbocycles. The number of sulfonamides is 1. The lowest BCUT2D eigenvalue weighted by Gasteiger charge is -2.38. The molecule has 6 nitrogen and oxygen atoms in total. The molecule has 0 radical (unpaired) electrons. The maximum atomic E-state index is 13.2. The van der Waals surface area contributed by atoms with Crippen LogP contribution < -0.4 is 4.72 Å². The predicted molar refractivity (Wildman–Crippen MR) is 89.9 cm³/mol. The number of carbonyl (C=O) groups excluding carboxylic acids is 1. The maximum absolute atomic E-state index is 13.2. The Balaban J connectivity index is 1.55. The summed E-state index contributed by atoms with van der Waals surface area (Å²) in [6.07, 6.45) is 3.94. The summed E-state index contributed by atoms with van der Waals surface area (Å²) in [7, 11) is -2.12. The lowest BCUT2D eigenvalue weighted by molar-refractivity contribution is -0.137. The molecule has 2 atom stereocenters. The number of carbonyl (C=O) groups is 1. The number of hydrogen-bond donors (Lipinski definition) is 1. The van der Waals surface area contributed by atoms with Crippen molar-refractivity contribution in [3.8, 4) is 0 Å². The van der Waals surface area contributed by atoms with Crippen molar-refractivity contribution in [2.75, 3.05) is 13.7 Å². The van der Waals surface area contributed by atoms with E-state index in [-0.39, 0.29) is 42.0 Å². The zero-order valence-electron chi connectivity index (χ0n) is 14.2. The van der Waals surface area contributed by atoms with Crippen molar-refractivity contribution < 1.29 is 22.3 Å². The molecule has 8 heteroatoms. The van der Waals surface area contributed by atoms with E-state index in [1.54, 1.807) is 7.11 Å². The van der Waals surface area contributed by atoms with Crippen LogP contribution in [0.15, 0.2) is 29.2 Å². The monoisotopic (exact) mass is 370 g/mol. The Morgan fingerprint density at radius 1 is 1.32 bits per heavy atom. The van der Waals surface area contributed by atoms with E-state index in [1.807, 2.05) is 4.90 Å². The van der Waals surface area contributed by atoms with Gasteiger partial charge >= 0.3 is 0 Å². The summed E-state index contributed by atoms with van der Waals surface area (Å²) in [6, 6.07) is 5.18. The molecule has 2 bridgehead atoms. The lowest BCUT2D eigenvalue weighted by atomic mass is 9.99. The van der Waals surface area contributed by atoms with Crippen molar-refractivity contribution in [2.45, 2.75) is 55.2 Å². The molecule has 2 saturated heterocycles. The largest absolute Gasteiger partial charge is 0.381 e. The minimum atomic E-state index is -3.81. The van der Waals surface area contributed by atoms with Gasteiger partial charge in [-0.25, -0.2) is 17.5 Å². The highest BCUT2D eigenvalue weighted by Crippen LogP contribution is 2.37. The van der Waals surface area contributed by atoms with E-state index in [0.29, 0.717) is 0 Å². The molecular formula is C17H23FN2O4S. The number of methoxy groups -OCH3 is 1. The van der Waals surface area contributed by atoms with Crippen molar-refractivity contribution in [3.63, 3.8) is 0 Å². The average molecular weight is 370 g/mol. The smallest absolute Gasteiger partial charge is 0.240 e. The number of rotatable bonds is 6. The molecule has 1 N–H and O–H groups in total. The summed E-state index contributed by atoms with van der Waals surface area (Å²) in [5.74, 6) is -0.652. The third kappa shape index (κ3) is 4.02. The highest BCUT2D eigenvalue weighted by molar-refractivity contribution is 7.89. The highest BCUT2D eigenvalue weighted by atomic mass is 32.2. The Kier molecular flexibility index (Phi) is 5.41. The van der Waals surface area contributed by atoms with Gasteiger partial charge in [0.1, 0.15) is 5.82 Å². The van der Waals surface area contributed by atoms with Gasteiger partial charge in [0.05, 0.1) is 11.0 Å². The van der Waals surface area contributed by atoms with Crippen molar-refractivity contribution in [1.82, 2.24) is 9.62 Å². The molecule has 2 unspecified atom stereocenters. The summed E-state index contributed by atoms with van der Waals surface area (Å²) in [5.41, 5.74) is 0. The van der Waals surface area contributed by atoms with Gasteiger partial charge in [-0.2, -0.15) is 0 Å². The van der Waals surface area contributed by atoms with E-state index in [2.05, 4.69) is 4.72 Å². The Morgan fingerprint density at radius 3 is 2.60 bits per heavy atom. The van der Waals surface area contributed by atoms with Crippen LogP contribution in [0.5, 0.6) is 0 Å². The van der Waals surface area contributed by atoms with Crippen LogP contribution >= 0.6 is 0 Å². The van der Waals surface area contributed by atoms with Crippen LogP contribution in [0.25, 0.3) is 0 Å². The summed E-state index contributed by atoms with van der Waals surface area (Å²) in [4.78, 5) is 14.3. The Hall–Kier alpha value is -1.51. The molecule has 25 heavy (non-hydrogen) atoms. The van der Waals surface area contributed by atoms with Gasteiger partial charge in [0.15, 0.2) is 0 Å². The zero-order chi connectivity index (χ0) is 18.0. The highest BCUT2D eigenvalue weighted by Gasteiger charge is 2.42. The third-order valence-electron chi connectivity index (χ3n) is 5.05. The third-order valence-corrected chi connectivity index (χ3v) is 6.51. The second-order valence-electron chi connectivity index (χ2n) is 6.62. The van der Waals surface area contributed by atoms with Crippen molar-refractivity contribution in [2.24, 2.45) is 0 Å². The number of benzene rings is 1. The summed E-state index contributed by atoms with van der Waals surface area (Å²) < 4.78 is 45.3. The second kappa shape index (κ2) is 7.39. The molecule has 138 valence electrons. The zero-order valence-corrected chi connectivity index (χ0v) is 15.0. The first kappa shape index (κ1) is 18.3. The second-order valence-corrected chi connectivity index (χ2v) is 8.39. The van der Waals surface area contributed by atoms with E-state index in [0.717, 1.165) is 31.7 Å². The van der Waals surface area contributed by atoms with Crippen LogP contribution in [0.3, 0.4) is 0 Å². The summed E-state index contributed by atoms with van der Waals surface area (Å²) in [5, 5.41) is 0. The van der Waals surface area contributed by atoms with E-state index in [1.165, 1.54) is 18.2 Å². The SMILES string of the molecule is COC1CC2CCC(C1)N2C(=O)CCNS(=O)(=O)c1cccc(F)c1. The van der Waals surface area contributed by atoms with E-state index in [9.17, 15) is 17.6 Å². The molecule has 2 heterocycles. The van der Waals surface area contributed by atoms with Gasteiger partial charge in [0, 0.05) is 32.2 Å². The van der Waals surface area contributed by atoms with Crippen LogP contribution in [-0.4, -0.2) is 51.1 Å². The Morgan fingerprint density at radius 2 is 2.00 bits per heavy atom. The summed E-state index contributed by atoms with van der Waals surface area (Å²) >= 11 is 0. The fraction of sp³-hybridized carbons (Fsp3) is 0.588. The van der Waals surface area contributed by atoms with E-state index < -0.39 is 15.8 Å². The number of fused-ring (bicyclic) bond motifs is 2. The van der Waals surface area contributed by atoms with Gasteiger partial charge in [-0.05, 0) is 43.9 Å². The first-order chi connectivity index (χ1) is 11.9. The molecule has 2 aliphatic heterocycles. The number of amides is 1. The quantitative estimate of drug-likeness (QED) is 0.826. The number of nitrogens with one attached hydrogen (secondary N) is 1. The lowest BCUT2D eigenvalue weighted by Crippen LogP contribution is -2.49. The molecule has 3 rings (SSSR count). The standard InChI is InChI=1S/C17H23FN2O4S/c1-24-15-10-13-5-6-14(11-15)20(13)17(21)7-8-19-25(22,23)16-4-2-3-12(18)9-16/h2-4,9,13-15,19H,5-8,10-11H2,1H3. The molecule has 1 aromatic rings. The molecule has 1 aromatic carbocycles. The Labute approximate surface area is 147 Å². The number of piperidine rings is 1. The molecule has 1 amide bonds. The van der Waals surface area contributed by atoms with Gasteiger partial charge in [-0.15, -0.1) is 0 Å². The predicted octanol–water partition coefficient (Wildman–Crippen LogP) is 1.66. The number of nitrogens with zero attached hydrogens (tertiary/aromatic N) is 1. The van der Waals surface area contributed by atoms with Crippen LogP contribution in [0.2, 0.25) is 0 Å². The van der Waals surface area contributed by atoms with Gasteiger partial charge < -0.3 is 9.64 Å². The minimum Gasteiger partial charge on any atom is -0.381 e. The number of ether oxygens (including phenoxy) is 1. The fourth-order valence-corrected chi connectivity index (χ4v) is 4.93. The van der Waals surface area contributed by atoms with Crippen molar-refractivity contribution in [3.05, 3.63) is 30.1 Å². The number of hydrogen-bond acceptors (Lipinski definition) is 4. The Bertz CT molecular complexity index is 726. The van der Waals surface area contributed by atoms with Crippen LogP contribution in [0.1, 0.15) is 32.1 Å². The topological polar surface area (TPSA) is 75.7 Å². The molecule has 2 fully saturated rings. The van der Waals surface area contributed by atoms with Crippen molar-refractivity contribution >= 4 is 15.9 Å². The van der Waals surface area contributed by atoms with E-state index in [4.69, 9.17) is 4.74 Å². The van der Waals surface area contributed by atoms with Gasteiger partial charge in [-0.1, -0.05) is 6.07 Å². The van der Waals surface area contributed by atoms with Gasteiger partial charge in [-0.3, -0.25) is 4.79 Å². The molecule has 0 spiro atoms. The van der Waals surface area contributed by atoms with E-state index >= 15 is 0 Å². The average Bonchev–Trinajstić information content (AvgIpc) is 2.85. The fourth-order valence-electron chi connectivity index (χ4n) is 3.87. The number of halogens is 1. The molecule has 2 aliphatic rings. The van der Waals surface area contributed by atoms with Crippen molar-refractivity contribution in [1.29, 1.82) is 0 Å². The maximum Gasteiger partial charge on any atom is 0.240 e. The first-order valence-electron chi connectivity index (χ1n) is 8.50. The summed E-state index contributed by atoms with van der Waals surface area (Å²) in [6.45, 7) is 0.00132. The first-order valence-corrected chi connectivity index (χ1v) is 9.98. The van der Waals surface area contributed by atoms with Crippen LogP contribution in [-0.2, 0) is 19.6 Å². The van der Waals surface area contributed by atoms with Gasteiger partial charge in [0.25, 0.3) is 0 Å². The molecule has 0 aromatic heterocycles. The van der Waals surface area contributed by atoms with Crippen LogP contribution in [0, 0.1) is 5.82 Å². The molecular weight excluding hydrogens is 347 g/mol. The van der Waals surface area contributed by atoms with Gasteiger partial charge in [0.2, 0.25) is 15.9 Å². The normalized spacial score (nSPS) is 26.0. The van der Waals surface area contributed by atoms with Crippen LogP contribution in [0.4, 0.5) is 4.39 Å².